The van der Waals surface area contributed by atoms with Crippen LogP contribution in [0, 0.1) is 11.8 Å². The minimum Gasteiger partial charge on any atom is -0.367 e. The highest BCUT2D eigenvalue weighted by molar-refractivity contribution is 6.33. The molecule has 1 saturated heterocycles. The molecule has 1 aromatic rings. The molecular weight excluding hydrogens is 280 g/mol. The summed E-state index contributed by atoms with van der Waals surface area (Å²) in [4.78, 5) is 2.51. The maximum Gasteiger partial charge on any atom is 0.0642 e. The van der Waals surface area contributed by atoms with E-state index in [0.717, 1.165) is 24.4 Å². The average Bonchev–Trinajstić information content (AvgIpc) is 2.43. The van der Waals surface area contributed by atoms with Gasteiger partial charge in [0.05, 0.1) is 10.7 Å². The summed E-state index contributed by atoms with van der Waals surface area (Å²) < 4.78 is 0. The molecule has 0 aliphatic carbocycles. The van der Waals surface area contributed by atoms with Gasteiger partial charge in [0, 0.05) is 18.6 Å². The second-order valence-corrected chi connectivity index (χ2v) is 7.24. The summed E-state index contributed by atoms with van der Waals surface area (Å²) in [6.07, 6.45) is 3.19. The van der Waals surface area contributed by atoms with Crippen molar-refractivity contribution >= 4 is 17.3 Å². The van der Waals surface area contributed by atoms with Crippen molar-refractivity contribution in [2.45, 2.75) is 59.0 Å². The summed E-state index contributed by atoms with van der Waals surface area (Å²) in [5.41, 5.74) is 8.69. The molecule has 1 aromatic carbocycles. The largest absolute Gasteiger partial charge is 0.367 e. The van der Waals surface area contributed by atoms with Gasteiger partial charge in [-0.05, 0) is 49.7 Å². The molecule has 0 saturated carbocycles. The minimum absolute atomic E-state index is 0.206. The first-order valence-corrected chi connectivity index (χ1v) is 8.61. The topological polar surface area (TPSA) is 29.3 Å². The summed E-state index contributed by atoms with van der Waals surface area (Å²) in [7, 11) is 0. The lowest BCUT2D eigenvalue weighted by Gasteiger charge is -2.44. The van der Waals surface area contributed by atoms with Gasteiger partial charge in [-0.2, -0.15) is 0 Å². The van der Waals surface area contributed by atoms with Gasteiger partial charge in [-0.15, -0.1) is 0 Å². The van der Waals surface area contributed by atoms with Gasteiger partial charge in [0.2, 0.25) is 0 Å². The van der Waals surface area contributed by atoms with Crippen LogP contribution < -0.4 is 10.6 Å². The Labute approximate surface area is 134 Å². The zero-order valence-corrected chi connectivity index (χ0v) is 14.5. The van der Waals surface area contributed by atoms with Crippen molar-refractivity contribution in [2.75, 3.05) is 11.4 Å². The van der Waals surface area contributed by atoms with E-state index < -0.39 is 0 Å². The lowest BCUT2D eigenvalue weighted by molar-refractivity contribution is 0.296. The van der Waals surface area contributed by atoms with Crippen molar-refractivity contribution in [3.05, 3.63) is 28.8 Å². The third kappa shape index (κ3) is 3.73. The second-order valence-electron chi connectivity index (χ2n) is 6.83. The van der Waals surface area contributed by atoms with Crippen LogP contribution in [0.4, 0.5) is 5.69 Å². The molecule has 0 bridgehead atoms. The molecule has 0 amide bonds. The Morgan fingerprint density at radius 3 is 2.71 bits per heavy atom. The summed E-state index contributed by atoms with van der Waals surface area (Å²) in [6, 6.07) is 6.97. The van der Waals surface area contributed by atoms with Gasteiger partial charge in [0.25, 0.3) is 0 Å². The van der Waals surface area contributed by atoms with E-state index in [-0.39, 0.29) is 6.04 Å². The molecule has 2 nitrogen and oxygen atoms in total. The van der Waals surface area contributed by atoms with Crippen LogP contribution in [0.1, 0.15) is 46.1 Å². The van der Waals surface area contributed by atoms with Crippen LogP contribution in [0.2, 0.25) is 5.02 Å². The fraction of sp³-hybridized carbons (Fsp3) is 0.667. The molecule has 0 radical (unpaired) electrons. The first kappa shape index (κ1) is 16.6. The van der Waals surface area contributed by atoms with Gasteiger partial charge in [0.1, 0.15) is 0 Å². The molecule has 3 heteroatoms. The molecule has 1 heterocycles. The van der Waals surface area contributed by atoms with E-state index in [1.807, 2.05) is 12.1 Å². The number of anilines is 1. The average molecular weight is 309 g/mol. The Balaban J connectivity index is 2.37. The Morgan fingerprint density at radius 2 is 2.05 bits per heavy atom. The van der Waals surface area contributed by atoms with Crippen molar-refractivity contribution < 1.29 is 0 Å². The van der Waals surface area contributed by atoms with E-state index in [1.165, 1.54) is 17.7 Å². The summed E-state index contributed by atoms with van der Waals surface area (Å²) in [6.45, 7) is 10.2. The maximum absolute atomic E-state index is 6.57. The number of hydrogen-bond donors (Lipinski definition) is 1. The van der Waals surface area contributed by atoms with Crippen molar-refractivity contribution in [3.63, 3.8) is 0 Å². The maximum atomic E-state index is 6.57. The molecule has 0 spiro atoms. The molecule has 4 atom stereocenters. The van der Waals surface area contributed by atoms with Gasteiger partial charge in [-0.25, -0.2) is 0 Å². The standard InChI is InChI=1S/C18H29ClN2/c1-5-16(20)10-15-7-6-8-17(19)18(15)21-11-12(2)9-13(3)14(21)4/h6-8,12-14,16H,5,9-11,20H2,1-4H3. The molecule has 2 N–H and O–H groups in total. The molecular formula is C18H29ClN2. The number of para-hydroxylation sites is 1. The van der Waals surface area contributed by atoms with Crippen LogP contribution in [0.15, 0.2) is 18.2 Å². The van der Waals surface area contributed by atoms with Crippen molar-refractivity contribution in [1.29, 1.82) is 0 Å². The zero-order chi connectivity index (χ0) is 15.6. The van der Waals surface area contributed by atoms with E-state index in [1.54, 1.807) is 0 Å². The third-order valence-electron chi connectivity index (χ3n) is 4.96. The SMILES string of the molecule is CCC(N)Cc1cccc(Cl)c1N1CC(C)CC(C)C1C. The molecule has 118 valence electrons. The van der Waals surface area contributed by atoms with Crippen LogP contribution in [-0.4, -0.2) is 18.6 Å². The molecule has 1 aliphatic rings. The molecule has 1 aliphatic heterocycles. The first-order valence-electron chi connectivity index (χ1n) is 8.23. The predicted molar refractivity (Wildman–Crippen MR) is 93.2 cm³/mol. The number of hydrogen-bond acceptors (Lipinski definition) is 2. The van der Waals surface area contributed by atoms with Crippen LogP contribution in [-0.2, 0) is 6.42 Å². The predicted octanol–water partition coefficient (Wildman–Crippen LogP) is 4.49. The van der Waals surface area contributed by atoms with Gasteiger partial charge in [0.15, 0.2) is 0 Å². The Bertz CT molecular complexity index is 474. The fourth-order valence-electron chi connectivity index (χ4n) is 3.48. The van der Waals surface area contributed by atoms with Gasteiger partial charge < -0.3 is 10.6 Å². The van der Waals surface area contributed by atoms with E-state index >= 15 is 0 Å². The summed E-state index contributed by atoms with van der Waals surface area (Å²) in [5, 5.41) is 0.865. The number of rotatable bonds is 4. The van der Waals surface area contributed by atoms with Crippen LogP contribution >= 0.6 is 11.6 Å². The number of nitrogens with two attached hydrogens (primary N) is 1. The van der Waals surface area contributed by atoms with Crippen LogP contribution in [0.3, 0.4) is 0 Å². The van der Waals surface area contributed by atoms with E-state index in [4.69, 9.17) is 17.3 Å². The minimum atomic E-state index is 0.206. The molecule has 4 unspecified atom stereocenters. The summed E-state index contributed by atoms with van der Waals surface area (Å²) >= 11 is 6.57. The van der Waals surface area contributed by atoms with E-state index in [0.29, 0.717) is 17.9 Å². The van der Waals surface area contributed by atoms with E-state index in [2.05, 4.69) is 38.7 Å². The van der Waals surface area contributed by atoms with Gasteiger partial charge >= 0.3 is 0 Å². The lowest BCUT2D eigenvalue weighted by atomic mass is 9.85. The monoisotopic (exact) mass is 308 g/mol. The van der Waals surface area contributed by atoms with Crippen molar-refractivity contribution in [1.82, 2.24) is 0 Å². The fourth-order valence-corrected chi connectivity index (χ4v) is 3.79. The van der Waals surface area contributed by atoms with Crippen LogP contribution in [0.25, 0.3) is 0 Å². The zero-order valence-electron chi connectivity index (χ0n) is 13.8. The molecule has 2 rings (SSSR count). The molecule has 0 aromatic heterocycles. The highest BCUT2D eigenvalue weighted by Gasteiger charge is 2.31. The van der Waals surface area contributed by atoms with Gasteiger partial charge in [-0.3, -0.25) is 0 Å². The Hall–Kier alpha value is -0.730. The third-order valence-corrected chi connectivity index (χ3v) is 5.27. The lowest BCUT2D eigenvalue weighted by Crippen LogP contribution is -2.46. The summed E-state index contributed by atoms with van der Waals surface area (Å²) in [5.74, 6) is 1.40. The van der Waals surface area contributed by atoms with Crippen molar-refractivity contribution in [3.8, 4) is 0 Å². The number of benzene rings is 1. The van der Waals surface area contributed by atoms with E-state index in [9.17, 15) is 0 Å². The second kappa shape index (κ2) is 7.02. The van der Waals surface area contributed by atoms with Crippen molar-refractivity contribution in [2.24, 2.45) is 17.6 Å². The highest BCUT2D eigenvalue weighted by Crippen LogP contribution is 2.38. The number of halogens is 1. The number of piperidine rings is 1. The Kier molecular flexibility index (Phi) is 5.56. The highest BCUT2D eigenvalue weighted by atomic mass is 35.5. The molecule has 21 heavy (non-hydrogen) atoms. The normalized spacial score (nSPS) is 27.7. The quantitative estimate of drug-likeness (QED) is 0.888. The van der Waals surface area contributed by atoms with Gasteiger partial charge in [-0.1, -0.05) is 44.5 Å². The smallest absolute Gasteiger partial charge is 0.0642 e. The first-order chi connectivity index (χ1) is 9.93. The van der Waals surface area contributed by atoms with Crippen LogP contribution in [0.5, 0.6) is 0 Å². The molecule has 1 fully saturated rings. The Morgan fingerprint density at radius 1 is 1.33 bits per heavy atom. The number of nitrogens with zero attached hydrogens (tertiary/aromatic N) is 1.